The molecule has 1 N–H and O–H groups in total. The van der Waals surface area contributed by atoms with Crippen molar-refractivity contribution in [1.82, 2.24) is 5.32 Å². The molecule has 1 atom stereocenters. The molecule has 0 radical (unpaired) electrons. The number of carbonyl (C=O) groups excluding carboxylic acids is 1. The minimum absolute atomic E-state index is 0.0159. The first kappa shape index (κ1) is 12.1. The fourth-order valence-electron chi connectivity index (χ4n) is 3.73. The number of benzene rings is 2. The van der Waals surface area contributed by atoms with Crippen LogP contribution in [0.25, 0.3) is 10.8 Å². The van der Waals surface area contributed by atoms with E-state index in [4.69, 9.17) is 0 Å². The fourth-order valence-corrected chi connectivity index (χ4v) is 3.73. The van der Waals surface area contributed by atoms with E-state index < -0.39 is 0 Å². The van der Waals surface area contributed by atoms with E-state index in [0.29, 0.717) is 0 Å². The molecular formula is C18H19NO. The first-order chi connectivity index (χ1) is 9.84. The van der Waals surface area contributed by atoms with Gasteiger partial charge in [-0.2, -0.15) is 0 Å². The zero-order valence-electron chi connectivity index (χ0n) is 11.6. The molecule has 0 spiro atoms. The minimum Gasteiger partial charge on any atom is -0.307 e. The Kier molecular flexibility index (Phi) is 2.85. The lowest BCUT2D eigenvalue weighted by molar-refractivity contribution is 0.0929. The van der Waals surface area contributed by atoms with Crippen molar-refractivity contribution in [2.75, 3.05) is 6.54 Å². The van der Waals surface area contributed by atoms with E-state index in [0.717, 1.165) is 43.2 Å². The second-order valence-electron chi connectivity index (χ2n) is 5.98. The van der Waals surface area contributed by atoms with E-state index in [-0.39, 0.29) is 11.8 Å². The molecule has 1 aliphatic carbocycles. The number of hydrogen-bond donors (Lipinski definition) is 1. The number of carbonyl (C=O) groups is 1. The lowest BCUT2D eigenvalue weighted by atomic mass is 9.91. The van der Waals surface area contributed by atoms with Crippen LogP contribution in [0.1, 0.15) is 40.7 Å². The van der Waals surface area contributed by atoms with Crippen molar-refractivity contribution in [2.24, 2.45) is 0 Å². The predicted molar refractivity (Wildman–Crippen MR) is 81.3 cm³/mol. The van der Waals surface area contributed by atoms with Gasteiger partial charge in [-0.3, -0.25) is 4.79 Å². The molecule has 2 aliphatic rings. The van der Waals surface area contributed by atoms with Gasteiger partial charge < -0.3 is 5.32 Å². The molecule has 2 nitrogen and oxygen atoms in total. The molecule has 102 valence electrons. The molecule has 0 bridgehead atoms. The molecule has 2 aromatic rings. The summed E-state index contributed by atoms with van der Waals surface area (Å²) in [5, 5.41) is 5.88. The monoisotopic (exact) mass is 265 g/mol. The average molecular weight is 265 g/mol. The number of ketones is 1. The van der Waals surface area contributed by atoms with Gasteiger partial charge in [-0.25, -0.2) is 0 Å². The topological polar surface area (TPSA) is 29.1 Å². The predicted octanol–water partition coefficient (Wildman–Crippen LogP) is 3.26. The van der Waals surface area contributed by atoms with E-state index in [1.54, 1.807) is 0 Å². The Labute approximate surface area is 119 Å². The largest absolute Gasteiger partial charge is 0.307 e. The summed E-state index contributed by atoms with van der Waals surface area (Å²) in [6, 6.07) is 10.6. The van der Waals surface area contributed by atoms with Gasteiger partial charge in [0.25, 0.3) is 0 Å². The highest BCUT2D eigenvalue weighted by Gasteiger charge is 2.25. The van der Waals surface area contributed by atoms with Crippen LogP contribution in [0.2, 0.25) is 0 Å². The molecule has 4 rings (SSSR count). The van der Waals surface area contributed by atoms with Gasteiger partial charge in [0, 0.05) is 5.56 Å². The third-order valence-corrected chi connectivity index (χ3v) is 4.77. The van der Waals surface area contributed by atoms with Crippen molar-refractivity contribution < 1.29 is 4.79 Å². The molecule has 1 aliphatic heterocycles. The number of aryl methyl sites for hydroxylation is 2. The number of nitrogens with one attached hydrogen (secondary N) is 1. The Morgan fingerprint density at radius 2 is 1.90 bits per heavy atom. The molecule has 2 aromatic carbocycles. The first-order valence-electron chi connectivity index (χ1n) is 7.66. The van der Waals surface area contributed by atoms with E-state index in [1.165, 1.54) is 22.9 Å². The van der Waals surface area contributed by atoms with Gasteiger partial charge in [0.15, 0.2) is 5.78 Å². The fraction of sp³-hybridized carbons (Fsp3) is 0.389. The zero-order valence-corrected chi connectivity index (χ0v) is 11.6. The summed E-state index contributed by atoms with van der Waals surface area (Å²) in [5.74, 6) is 0.278. The van der Waals surface area contributed by atoms with Gasteiger partial charge in [0.2, 0.25) is 0 Å². The van der Waals surface area contributed by atoms with Crippen LogP contribution in [-0.2, 0) is 12.8 Å². The van der Waals surface area contributed by atoms with Crippen LogP contribution >= 0.6 is 0 Å². The Balaban J connectivity index is 1.82. The molecule has 1 heterocycles. The normalized spacial score (nSPS) is 21.3. The smallest absolute Gasteiger partial charge is 0.180 e. The summed E-state index contributed by atoms with van der Waals surface area (Å²) in [7, 11) is 0. The molecule has 1 fully saturated rings. The minimum atomic E-state index is 0.0159. The first-order valence-corrected chi connectivity index (χ1v) is 7.66. The van der Waals surface area contributed by atoms with Crippen LogP contribution < -0.4 is 5.32 Å². The highest BCUT2D eigenvalue weighted by molar-refractivity contribution is 6.12. The second kappa shape index (κ2) is 4.71. The Bertz CT molecular complexity index is 673. The lowest BCUT2D eigenvalue weighted by Crippen LogP contribution is -2.40. The summed E-state index contributed by atoms with van der Waals surface area (Å²) in [6.45, 7) is 0.970. The van der Waals surface area contributed by atoms with Crippen LogP contribution in [0.5, 0.6) is 0 Å². The van der Waals surface area contributed by atoms with Crippen LogP contribution in [0.15, 0.2) is 30.3 Å². The van der Waals surface area contributed by atoms with Crippen molar-refractivity contribution in [3.05, 3.63) is 47.0 Å². The quantitative estimate of drug-likeness (QED) is 0.844. The van der Waals surface area contributed by atoms with Gasteiger partial charge in [0.05, 0.1) is 6.04 Å². The Morgan fingerprint density at radius 3 is 2.70 bits per heavy atom. The van der Waals surface area contributed by atoms with Crippen molar-refractivity contribution in [2.45, 2.75) is 38.1 Å². The zero-order chi connectivity index (χ0) is 13.5. The van der Waals surface area contributed by atoms with Crippen LogP contribution in [0.3, 0.4) is 0 Å². The van der Waals surface area contributed by atoms with Gasteiger partial charge >= 0.3 is 0 Å². The van der Waals surface area contributed by atoms with Crippen LogP contribution in [0, 0.1) is 0 Å². The number of hydrogen-bond acceptors (Lipinski definition) is 2. The van der Waals surface area contributed by atoms with E-state index in [9.17, 15) is 4.79 Å². The molecule has 0 amide bonds. The molecular weight excluding hydrogens is 246 g/mol. The summed E-state index contributed by atoms with van der Waals surface area (Å²) in [4.78, 5) is 12.8. The van der Waals surface area contributed by atoms with E-state index in [2.05, 4.69) is 29.6 Å². The maximum absolute atomic E-state index is 12.8. The molecule has 1 saturated heterocycles. The van der Waals surface area contributed by atoms with Gasteiger partial charge in [0.1, 0.15) is 0 Å². The average Bonchev–Trinajstić information content (AvgIpc) is 2.93. The highest BCUT2D eigenvalue weighted by atomic mass is 16.1. The lowest BCUT2D eigenvalue weighted by Gasteiger charge is -2.23. The summed E-state index contributed by atoms with van der Waals surface area (Å²) in [5.41, 5.74) is 3.72. The molecule has 2 heteroatoms. The highest BCUT2D eigenvalue weighted by Crippen LogP contribution is 2.33. The van der Waals surface area contributed by atoms with Crippen molar-refractivity contribution in [3.63, 3.8) is 0 Å². The standard InChI is InChI=1S/C18H19NO/c20-18(16-6-1-2-11-19-16)15-10-9-13-8-7-12-4-3-5-14(15)17(12)13/h3-5,9-10,16,19H,1-2,6-8,11H2. The third kappa shape index (κ3) is 1.79. The number of rotatable bonds is 2. The Morgan fingerprint density at radius 1 is 1.05 bits per heavy atom. The van der Waals surface area contributed by atoms with Crippen LogP contribution in [0.4, 0.5) is 0 Å². The van der Waals surface area contributed by atoms with Crippen molar-refractivity contribution >= 4 is 16.6 Å². The molecule has 20 heavy (non-hydrogen) atoms. The third-order valence-electron chi connectivity index (χ3n) is 4.77. The van der Waals surface area contributed by atoms with Gasteiger partial charge in [-0.1, -0.05) is 36.8 Å². The van der Waals surface area contributed by atoms with Crippen LogP contribution in [-0.4, -0.2) is 18.4 Å². The summed E-state index contributed by atoms with van der Waals surface area (Å²) < 4.78 is 0. The van der Waals surface area contributed by atoms with Gasteiger partial charge in [-0.15, -0.1) is 0 Å². The van der Waals surface area contributed by atoms with Gasteiger partial charge in [-0.05, 0) is 54.1 Å². The van der Waals surface area contributed by atoms with E-state index >= 15 is 0 Å². The van der Waals surface area contributed by atoms with E-state index in [1.807, 2.05) is 6.07 Å². The second-order valence-corrected chi connectivity index (χ2v) is 5.98. The molecule has 1 unspecified atom stereocenters. The maximum Gasteiger partial charge on any atom is 0.180 e. The molecule has 0 aromatic heterocycles. The maximum atomic E-state index is 12.8. The number of piperidine rings is 1. The summed E-state index contributed by atoms with van der Waals surface area (Å²) in [6.07, 6.45) is 5.55. The number of Topliss-reactive ketones (excluding diaryl/α,β-unsaturated/α-hetero) is 1. The van der Waals surface area contributed by atoms with Crippen molar-refractivity contribution in [3.8, 4) is 0 Å². The molecule has 0 saturated carbocycles. The SMILES string of the molecule is O=C(c1ccc2c3c(cccc13)CC2)C1CCCCN1. The van der Waals surface area contributed by atoms with Crippen molar-refractivity contribution in [1.29, 1.82) is 0 Å². The summed E-state index contributed by atoms with van der Waals surface area (Å²) >= 11 is 0. The Hall–Kier alpha value is -1.67.